The highest BCUT2D eigenvalue weighted by molar-refractivity contribution is 5.87. The van der Waals surface area contributed by atoms with Crippen molar-refractivity contribution in [3.63, 3.8) is 0 Å². The average molecular weight is 236 g/mol. The maximum absolute atomic E-state index is 11.4. The molecule has 0 spiro atoms. The molecule has 1 heterocycles. The van der Waals surface area contributed by atoms with Crippen molar-refractivity contribution in [3.8, 4) is 0 Å². The molecule has 0 aliphatic rings. The Balaban J connectivity index is 2.27. The van der Waals surface area contributed by atoms with Crippen LogP contribution in [0.3, 0.4) is 0 Å². The van der Waals surface area contributed by atoms with Crippen LogP contribution in [0.4, 0.5) is 0 Å². The van der Waals surface area contributed by atoms with Crippen molar-refractivity contribution in [2.75, 3.05) is 6.54 Å². The normalized spacial score (nSPS) is 11.8. The third kappa shape index (κ3) is 5.07. The minimum atomic E-state index is -0.878. The second-order valence-corrected chi connectivity index (χ2v) is 3.64. The molecule has 0 saturated carbocycles. The van der Waals surface area contributed by atoms with Gasteiger partial charge in [0, 0.05) is 24.9 Å². The van der Waals surface area contributed by atoms with Crippen molar-refractivity contribution in [1.29, 1.82) is 0 Å². The van der Waals surface area contributed by atoms with Crippen LogP contribution in [-0.2, 0) is 16.0 Å². The number of amides is 2. The van der Waals surface area contributed by atoms with Crippen molar-refractivity contribution in [3.05, 3.63) is 30.1 Å². The summed E-state index contributed by atoms with van der Waals surface area (Å²) in [6.45, 7) is 0.433. The molecule has 17 heavy (non-hydrogen) atoms. The fraction of sp³-hybridized carbons (Fsp3) is 0.364. The summed E-state index contributed by atoms with van der Waals surface area (Å²) in [6, 6.07) is 4.69. The Kier molecular flexibility index (Phi) is 5.09. The number of aromatic nitrogens is 1. The minimum absolute atomic E-state index is 0.143. The van der Waals surface area contributed by atoms with Gasteiger partial charge < -0.3 is 16.8 Å². The number of hydrogen-bond donors (Lipinski definition) is 3. The van der Waals surface area contributed by atoms with Crippen LogP contribution in [0.15, 0.2) is 24.4 Å². The largest absolute Gasteiger partial charge is 0.370 e. The Morgan fingerprint density at radius 3 is 2.76 bits per heavy atom. The summed E-state index contributed by atoms with van der Waals surface area (Å²) < 4.78 is 0. The third-order valence-electron chi connectivity index (χ3n) is 2.16. The second kappa shape index (κ2) is 6.59. The molecule has 1 aromatic rings. The van der Waals surface area contributed by atoms with Gasteiger partial charge in [-0.1, -0.05) is 6.07 Å². The number of pyridine rings is 1. The quantitative estimate of drug-likeness (QED) is 0.584. The van der Waals surface area contributed by atoms with E-state index < -0.39 is 11.9 Å². The molecule has 0 bridgehead atoms. The Hall–Kier alpha value is -1.95. The number of carbonyl (C=O) groups is 2. The fourth-order valence-electron chi connectivity index (χ4n) is 1.30. The summed E-state index contributed by atoms with van der Waals surface area (Å²) in [7, 11) is 0. The molecular weight excluding hydrogens is 220 g/mol. The summed E-state index contributed by atoms with van der Waals surface area (Å²) in [5.41, 5.74) is 11.3. The number of nitrogens with one attached hydrogen (secondary N) is 1. The molecule has 6 nitrogen and oxygen atoms in total. The second-order valence-electron chi connectivity index (χ2n) is 3.64. The zero-order chi connectivity index (χ0) is 12.7. The molecule has 0 unspecified atom stereocenters. The maximum atomic E-state index is 11.4. The number of nitrogens with two attached hydrogens (primary N) is 2. The van der Waals surface area contributed by atoms with Gasteiger partial charge in [0.05, 0.1) is 12.5 Å². The predicted molar refractivity (Wildman–Crippen MR) is 62.7 cm³/mol. The molecule has 1 aromatic heterocycles. The van der Waals surface area contributed by atoms with Gasteiger partial charge in [-0.15, -0.1) is 0 Å². The van der Waals surface area contributed by atoms with E-state index in [0.717, 1.165) is 5.69 Å². The number of hydrogen-bond acceptors (Lipinski definition) is 4. The lowest BCUT2D eigenvalue weighted by molar-refractivity contribution is -0.126. The summed E-state index contributed by atoms with van der Waals surface area (Å²) in [4.78, 5) is 26.1. The molecule has 0 aromatic carbocycles. The monoisotopic (exact) mass is 236 g/mol. The molecule has 6 heteroatoms. The van der Waals surface area contributed by atoms with Crippen LogP contribution in [0.5, 0.6) is 0 Å². The van der Waals surface area contributed by atoms with Crippen molar-refractivity contribution in [1.82, 2.24) is 10.3 Å². The Morgan fingerprint density at radius 1 is 1.41 bits per heavy atom. The molecule has 0 saturated heterocycles. The smallest absolute Gasteiger partial charge is 0.237 e. The third-order valence-corrected chi connectivity index (χ3v) is 2.16. The molecule has 2 amide bonds. The molecule has 0 aliphatic carbocycles. The van der Waals surface area contributed by atoms with Crippen LogP contribution >= 0.6 is 0 Å². The fourth-order valence-corrected chi connectivity index (χ4v) is 1.30. The molecule has 5 N–H and O–H groups in total. The Morgan fingerprint density at radius 2 is 2.18 bits per heavy atom. The molecule has 0 aliphatic heterocycles. The lowest BCUT2D eigenvalue weighted by Gasteiger charge is -2.10. The Labute approximate surface area is 99.4 Å². The van der Waals surface area contributed by atoms with Crippen LogP contribution in [0.25, 0.3) is 0 Å². The zero-order valence-corrected chi connectivity index (χ0v) is 9.43. The molecule has 0 radical (unpaired) electrons. The van der Waals surface area contributed by atoms with Gasteiger partial charge in [-0.2, -0.15) is 0 Å². The van der Waals surface area contributed by atoms with E-state index in [1.54, 1.807) is 6.20 Å². The topological polar surface area (TPSA) is 111 Å². The van der Waals surface area contributed by atoms with Crippen LogP contribution in [-0.4, -0.2) is 29.4 Å². The summed E-state index contributed by atoms with van der Waals surface area (Å²) in [6.07, 6.45) is 2.17. The number of nitrogens with zero attached hydrogens (tertiary/aromatic N) is 1. The van der Waals surface area contributed by atoms with Gasteiger partial charge in [-0.3, -0.25) is 14.6 Å². The van der Waals surface area contributed by atoms with E-state index >= 15 is 0 Å². The first-order valence-corrected chi connectivity index (χ1v) is 5.31. The molecular formula is C11H16N4O2. The van der Waals surface area contributed by atoms with Crippen molar-refractivity contribution in [2.24, 2.45) is 11.5 Å². The van der Waals surface area contributed by atoms with Gasteiger partial charge in [-0.25, -0.2) is 0 Å². The van der Waals surface area contributed by atoms with E-state index in [-0.39, 0.29) is 12.3 Å². The van der Waals surface area contributed by atoms with Crippen molar-refractivity contribution < 1.29 is 9.59 Å². The van der Waals surface area contributed by atoms with E-state index in [1.165, 1.54) is 0 Å². The van der Waals surface area contributed by atoms with E-state index in [2.05, 4.69) is 10.3 Å². The zero-order valence-electron chi connectivity index (χ0n) is 9.43. The van der Waals surface area contributed by atoms with Crippen molar-refractivity contribution in [2.45, 2.75) is 18.9 Å². The van der Waals surface area contributed by atoms with E-state index in [1.807, 2.05) is 18.2 Å². The number of carbonyl (C=O) groups excluding carboxylic acids is 2. The average Bonchev–Trinajstić information content (AvgIpc) is 2.29. The molecule has 92 valence electrons. The predicted octanol–water partition coefficient (Wildman–Crippen LogP) is -1.06. The lowest BCUT2D eigenvalue weighted by Crippen LogP contribution is -2.43. The van der Waals surface area contributed by atoms with Gasteiger partial charge in [0.25, 0.3) is 0 Å². The van der Waals surface area contributed by atoms with Gasteiger partial charge in [-0.05, 0) is 12.1 Å². The Bertz CT molecular complexity index is 380. The first-order chi connectivity index (χ1) is 8.09. The van der Waals surface area contributed by atoms with Gasteiger partial charge in [0.1, 0.15) is 0 Å². The first-order valence-electron chi connectivity index (χ1n) is 5.31. The number of primary amides is 1. The highest BCUT2D eigenvalue weighted by Crippen LogP contribution is 1.93. The van der Waals surface area contributed by atoms with E-state index in [0.29, 0.717) is 13.0 Å². The van der Waals surface area contributed by atoms with Crippen molar-refractivity contribution >= 4 is 11.8 Å². The van der Waals surface area contributed by atoms with Crippen LogP contribution < -0.4 is 16.8 Å². The standard InChI is InChI=1S/C11H16N4O2/c12-9(7-10(13)16)11(17)15-6-4-8-3-1-2-5-14-8/h1-3,5,9H,4,6-7,12H2,(H2,13,16)(H,15,17)/t9-/m1/s1. The highest BCUT2D eigenvalue weighted by Gasteiger charge is 2.14. The molecule has 0 fully saturated rings. The SMILES string of the molecule is NC(=O)C[C@@H](N)C(=O)NCCc1ccccn1. The lowest BCUT2D eigenvalue weighted by atomic mass is 10.2. The number of rotatable bonds is 6. The highest BCUT2D eigenvalue weighted by atomic mass is 16.2. The van der Waals surface area contributed by atoms with Crippen LogP contribution in [0.2, 0.25) is 0 Å². The van der Waals surface area contributed by atoms with E-state index in [9.17, 15) is 9.59 Å². The molecule has 1 rings (SSSR count). The maximum Gasteiger partial charge on any atom is 0.237 e. The minimum Gasteiger partial charge on any atom is -0.370 e. The van der Waals surface area contributed by atoms with E-state index in [4.69, 9.17) is 11.5 Å². The first kappa shape index (κ1) is 13.1. The summed E-state index contributed by atoms with van der Waals surface area (Å²) in [5.74, 6) is -0.961. The van der Waals surface area contributed by atoms with Gasteiger partial charge in [0.2, 0.25) is 11.8 Å². The summed E-state index contributed by atoms with van der Waals surface area (Å²) in [5, 5.41) is 2.62. The molecule has 1 atom stereocenters. The van der Waals surface area contributed by atoms with Crippen LogP contribution in [0.1, 0.15) is 12.1 Å². The van der Waals surface area contributed by atoms with Crippen LogP contribution in [0, 0.1) is 0 Å². The van der Waals surface area contributed by atoms with Gasteiger partial charge >= 0.3 is 0 Å². The van der Waals surface area contributed by atoms with Gasteiger partial charge in [0.15, 0.2) is 0 Å². The summed E-state index contributed by atoms with van der Waals surface area (Å²) >= 11 is 0.